The van der Waals surface area contributed by atoms with Crippen molar-refractivity contribution in [3.63, 3.8) is 0 Å². The Kier molecular flexibility index (Phi) is 4.83. The molecule has 0 N–H and O–H groups in total. The Morgan fingerprint density at radius 3 is 2.47 bits per heavy atom. The zero-order chi connectivity index (χ0) is 25.5. The Labute approximate surface area is 222 Å². The molecule has 3 aromatic carbocycles. The average molecular weight is 505 g/mol. The molecular weight excluding hydrogens is 472 g/mol. The summed E-state index contributed by atoms with van der Waals surface area (Å²) in [5.41, 5.74) is 10.7. The molecular formula is C33H32N2O3. The van der Waals surface area contributed by atoms with Gasteiger partial charge in [0.2, 0.25) is 5.36 Å². The van der Waals surface area contributed by atoms with Crippen molar-refractivity contribution in [1.82, 2.24) is 4.58 Å². The number of hydrogen-bond donors (Lipinski definition) is 0. The van der Waals surface area contributed by atoms with Gasteiger partial charge in [-0.2, -0.15) is 0 Å². The van der Waals surface area contributed by atoms with Crippen molar-refractivity contribution in [2.24, 2.45) is 0 Å². The molecule has 5 heterocycles. The fraction of sp³-hybridized carbons (Fsp3) is 0.394. The van der Waals surface area contributed by atoms with Gasteiger partial charge in [-0.05, 0) is 74.8 Å². The number of rotatable bonds is 2. The van der Waals surface area contributed by atoms with E-state index in [1.54, 1.807) is 6.07 Å². The molecule has 5 heteroatoms. The lowest BCUT2D eigenvalue weighted by Gasteiger charge is -2.39. The molecule has 0 fully saturated rings. The third-order valence-electron chi connectivity index (χ3n) is 9.35. The number of aryl methyl sites for hydroxylation is 3. The number of anilines is 1. The van der Waals surface area contributed by atoms with Crippen LogP contribution in [-0.2, 0) is 25.7 Å². The fourth-order valence-electron chi connectivity index (χ4n) is 7.85. The van der Waals surface area contributed by atoms with E-state index in [-0.39, 0.29) is 5.56 Å². The standard InChI is InChI=1S/C33H32N2O3/c1-19-10-11-22(25(16-19)33(36)37)28-26-17-20-6-2-12-34-14-4-8-23(29(20)34)31(26)38-32-24-9-5-15-35-13-3-7-21(30(24)35)18-27(28)32/h10-11,16-18H,2-9,12-15H2,1H3. The molecule has 8 rings (SSSR count). The first-order chi connectivity index (χ1) is 18.6. The third kappa shape index (κ3) is 3.11. The van der Waals surface area contributed by atoms with E-state index in [1.165, 1.54) is 33.3 Å². The number of benzene rings is 3. The summed E-state index contributed by atoms with van der Waals surface area (Å²) in [5, 5.41) is 14.9. The average Bonchev–Trinajstić information content (AvgIpc) is 2.93. The molecule has 0 unspecified atom stereocenters. The monoisotopic (exact) mass is 504 g/mol. The van der Waals surface area contributed by atoms with Gasteiger partial charge in [0, 0.05) is 64.7 Å². The number of carbonyl (C=O) groups is 1. The molecule has 0 bridgehead atoms. The summed E-state index contributed by atoms with van der Waals surface area (Å²) in [6.45, 7) is 6.36. The van der Waals surface area contributed by atoms with E-state index < -0.39 is 5.97 Å². The van der Waals surface area contributed by atoms with Crippen molar-refractivity contribution in [3.8, 4) is 11.5 Å². The normalized spacial score (nSPS) is 18.7. The Hall–Kier alpha value is -3.60. The number of carbonyl (C=O) groups excluding carboxylic acids is 1. The molecule has 0 aromatic heterocycles. The van der Waals surface area contributed by atoms with Crippen LogP contribution < -0.4 is 29.9 Å². The van der Waals surface area contributed by atoms with Gasteiger partial charge in [0.1, 0.15) is 24.6 Å². The first-order valence-electron chi connectivity index (χ1n) is 14.3. The van der Waals surface area contributed by atoms with E-state index in [1.807, 2.05) is 19.1 Å². The van der Waals surface area contributed by atoms with Gasteiger partial charge in [-0.1, -0.05) is 17.7 Å². The third-order valence-corrected chi connectivity index (χ3v) is 9.35. The van der Waals surface area contributed by atoms with Crippen molar-refractivity contribution >= 4 is 17.2 Å². The molecule has 0 spiro atoms. The zero-order valence-corrected chi connectivity index (χ0v) is 22.0. The zero-order valence-electron chi connectivity index (χ0n) is 22.0. The van der Waals surface area contributed by atoms with Crippen LogP contribution in [0, 0.1) is 6.92 Å². The van der Waals surface area contributed by atoms with Crippen molar-refractivity contribution in [1.29, 1.82) is 0 Å². The summed E-state index contributed by atoms with van der Waals surface area (Å²) in [6.07, 6.45) is 8.65. The Bertz CT molecular complexity index is 1690. The van der Waals surface area contributed by atoms with Crippen molar-refractivity contribution in [3.05, 3.63) is 85.4 Å². The van der Waals surface area contributed by atoms with Gasteiger partial charge >= 0.3 is 0 Å². The fourth-order valence-corrected chi connectivity index (χ4v) is 7.85. The van der Waals surface area contributed by atoms with E-state index in [0.717, 1.165) is 117 Å². The Morgan fingerprint density at radius 2 is 1.63 bits per heavy atom. The molecule has 5 nitrogen and oxygen atoms in total. The molecule has 38 heavy (non-hydrogen) atoms. The van der Waals surface area contributed by atoms with Crippen LogP contribution in [0.5, 0.6) is 11.5 Å². The molecule has 0 saturated heterocycles. The van der Waals surface area contributed by atoms with Crippen LogP contribution in [-0.4, -0.2) is 32.1 Å². The first-order valence-corrected chi connectivity index (χ1v) is 14.3. The Balaban J connectivity index is 1.54. The minimum absolute atomic E-state index is 0.264. The summed E-state index contributed by atoms with van der Waals surface area (Å²) < 4.78 is 9.61. The van der Waals surface area contributed by atoms with Crippen LogP contribution in [0.4, 0.5) is 5.69 Å². The van der Waals surface area contributed by atoms with E-state index >= 15 is 0 Å². The maximum absolute atomic E-state index is 12.5. The van der Waals surface area contributed by atoms with Gasteiger partial charge in [-0.3, -0.25) is 0 Å². The predicted molar refractivity (Wildman–Crippen MR) is 146 cm³/mol. The van der Waals surface area contributed by atoms with Gasteiger partial charge in [0.05, 0.1) is 11.5 Å². The predicted octanol–water partition coefficient (Wildman–Crippen LogP) is 2.79. The second kappa shape index (κ2) is 8.20. The summed E-state index contributed by atoms with van der Waals surface area (Å²) in [4.78, 5) is 15.0. The van der Waals surface area contributed by atoms with E-state index in [9.17, 15) is 9.90 Å². The minimum atomic E-state index is -1.12. The highest BCUT2D eigenvalue weighted by Crippen LogP contribution is 2.48. The lowest BCUT2D eigenvalue weighted by molar-refractivity contribution is -0.255. The maximum Gasteiger partial charge on any atom is 0.210 e. The van der Waals surface area contributed by atoms with Gasteiger partial charge in [0.25, 0.3) is 0 Å². The largest absolute Gasteiger partial charge is 0.545 e. The molecule has 0 aliphatic carbocycles. The van der Waals surface area contributed by atoms with Crippen molar-refractivity contribution in [2.45, 2.75) is 58.3 Å². The quantitative estimate of drug-likeness (QED) is 0.394. The van der Waals surface area contributed by atoms with Gasteiger partial charge in [-0.15, -0.1) is 0 Å². The highest BCUT2D eigenvalue weighted by molar-refractivity contribution is 5.98. The highest BCUT2D eigenvalue weighted by Gasteiger charge is 2.36. The molecule has 5 aliphatic heterocycles. The first kappa shape index (κ1) is 22.4. The number of hydrogen-bond acceptors (Lipinski definition) is 4. The Morgan fingerprint density at radius 1 is 0.868 bits per heavy atom. The topological polar surface area (TPSA) is 55.6 Å². The molecule has 0 atom stereocenters. The van der Waals surface area contributed by atoms with Gasteiger partial charge < -0.3 is 19.5 Å². The summed E-state index contributed by atoms with van der Waals surface area (Å²) in [6, 6.07) is 10.4. The molecule has 0 radical (unpaired) electrons. The minimum Gasteiger partial charge on any atom is -0.545 e. The lowest BCUT2D eigenvalue weighted by Crippen LogP contribution is -2.45. The van der Waals surface area contributed by atoms with Gasteiger partial charge in [0.15, 0.2) is 0 Å². The SMILES string of the molecule is Cc1ccc(C2=c3cc4c5c(c3Oc3c2cc2c6c3CCCN6CCC2)CCC[N+]=5CCC4)c(C(=O)[O-])c1. The molecule has 0 amide bonds. The van der Waals surface area contributed by atoms with Crippen molar-refractivity contribution in [2.75, 3.05) is 31.1 Å². The van der Waals surface area contributed by atoms with E-state index in [0.29, 0.717) is 0 Å². The molecule has 3 aromatic rings. The maximum atomic E-state index is 12.5. The molecule has 0 saturated carbocycles. The number of fused-ring (bicyclic) bond motifs is 4. The lowest BCUT2D eigenvalue weighted by atomic mass is 9.81. The highest BCUT2D eigenvalue weighted by atomic mass is 16.5. The van der Waals surface area contributed by atoms with Crippen molar-refractivity contribution < 1.29 is 14.6 Å². The van der Waals surface area contributed by atoms with E-state index in [4.69, 9.17) is 4.74 Å². The van der Waals surface area contributed by atoms with Crippen LogP contribution >= 0.6 is 0 Å². The molecule has 192 valence electrons. The second-order valence-corrected chi connectivity index (χ2v) is 11.7. The van der Waals surface area contributed by atoms with Crippen LogP contribution in [0.3, 0.4) is 0 Å². The van der Waals surface area contributed by atoms with E-state index in [2.05, 4.69) is 21.6 Å². The number of ether oxygens (including phenoxy) is 1. The van der Waals surface area contributed by atoms with Gasteiger partial charge in [-0.25, -0.2) is 4.58 Å². The van der Waals surface area contributed by atoms with Crippen LogP contribution in [0.25, 0.3) is 5.57 Å². The number of nitrogens with zero attached hydrogens (tertiary/aromatic N) is 2. The van der Waals surface area contributed by atoms with Crippen LogP contribution in [0.1, 0.15) is 75.0 Å². The summed E-state index contributed by atoms with van der Waals surface area (Å²) in [7, 11) is 0. The number of carboxylic acid groups (broad SMARTS) is 1. The summed E-state index contributed by atoms with van der Waals surface area (Å²) in [5.74, 6) is 0.778. The number of carboxylic acids is 1. The smallest absolute Gasteiger partial charge is 0.210 e. The molecule has 5 aliphatic rings. The summed E-state index contributed by atoms with van der Waals surface area (Å²) >= 11 is 0. The van der Waals surface area contributed by atoms with Crippen LogP contribution in [0.2, 0.25) is 0 Å². The van der Waals surface area contributed by atoms with Crippen LogP contribution in [0.15, 0.2) is 30.3 Å². The number of aromatic carboxylic acids is 1. The second-order valence-electron chi connectivity index (χ2n) is 11.7.